The van der Waals surface area contributed by atoms with E-state index in [1.165, 1.54) is 23.5 Å². The molecular weight excluding hydrogens is 383 g/mol. The second-order valence-electron chi connectivity index (χ2n) is 6.18. The van der Waals surface area contributed by atoms with Crippen molar-refractivity contribution < 1.29 is 12.8 Å². The van der Waals surface area contributed by atoms with E-state index in [0.29, 0.717) is 6.42 Å². The van der Waals surface area contributed by atoms with Crippen molar-refractivity contribution in [3.05, 3.63) is 70.5 Å². The first-order valence-corrected chi connectivity index (χ1v) is 11.0. The zero-order valence-corrected chi connectivity index (χ0v) is 16.8. The summed E-state index contributed by atoms with van der Waals surface area (Å²) >= 11 is 1.46. The molecule has 0 aliphatic carbocycles. The maximum absolute atomic E-state index is 13.4. The summed E-state index contributed by atoms with van der Waals surface area (Å²) in [7, 11) is -3.53. The molecule has 0 fully saturated rings. The van der Waals surface area contributed by atoms with Gasteiger partial charge in [0.05, 0.1) is 10.6 Å². The standard InChI is InChI=1S/C20H21FN2O2S2/c1-3-15-7-9-18(10-8-15)27(24,25)22-12-11-19-14(2)23-20(26-19)16-5-4-6-17(21)13-16/h4-10,13,22H,3,11-12H2,1-2H3. The Balaban J connectivity index is 1.66. The molecule has 1 aromatic heterocycles. The van der Waals surface area contributed by atoms with Crippen LogP contribution in [0.25, 0.3) is 10.6 Å². The summed E-state index contributed by atoms with van der Waals surface area (Å²) in [5, 5.41) is 0.736. The van der Waals surface area contributed by atoms with Crippen LogP contribution in [0.5, 0.6) is 0 Å². The van der Waals surface area contributed by atoms with Gasteiger partial charge in [-0.25, -0.2) is 22.5 Å². The Morgan fingerprint density at radius 1 is 1.15 bits per heavy atom. The van der Waals surface area contributed by atoms with Crippen LogP contribution in [0.15, 0.2) is 53.4 Å². The molecule has 27 heavy (non-hydrogen) atoms. The van der Waals surface area contributed by atoms with Gasteiger partial charge in [-0.05, 0) is 49.6 Å². The maximum Gasteiger partial charge on any atom is 0.240 e. The summed E-state index contributed by atoms with van der Waals surface area (Å²) in [6.07, 6.45) is 1.40. The third-order valence-corrected chi connectivity index (χ3v) is 6.99. The first-order chi connectivity index (χ1) is 12.9. The molecule has 3 rings (SSSR count). The molecular formula is C20H21FN2O2S2. The SMILES string of the molecule is CCc1ccc(S(=O)(=O)NCCc2sc(-c3cccc(F)c3)nc2C)cc1. The Labute approximate surface area is 163 Å². The van der Waals surface area contributed by atoms with Crippen LogP contribution in [0.3, 0.4) is 0 Å². The molecule has 0 radical (unpaired) electrons. The van der Waals surface area contributed by atoms with E-state index in [-0.39, 0.29) is 17.3 Å². The van der Waals surface area contributed by atoms with E-state index in [0.717, 1.165) is 33.1 Å². The molecule has 0 aliphatic rings. The lowest BCUT2D eigenvalue weighted by Gasteiger charge is -2.07. The number of nitrogens with zero attached hydrogens (tertiary/aromatic N) is 1. The van der Waals surface area contributed by atoms with E-state index < -0.39 is 10.0 Å². The molecule has 0 amide bonds. The third kappa shape index (κ3) is 4.80. The van der Waals surface area contributed by atoms with E-state index >= 15 is 0 Å². The minimum absolute atomic E-state index is 0.265. The molecule has 4 nitrogen and oxygen atoms in total. The molecule has 0 atom stereocenters. The van der Waals surface area contributed by atoms with Crippen LogP contribution in [-0.4, -0.2) is 19.9 Å². The highest BCUT2D eigenvalue weighted by Crippen LogP contribution is 2.28. The molecule has 0 aliphatic heterocycles. The van der Waals surface area contributed by atoms with E-state index in [1.54, 1.807) is 18.2 Å². The van der Waals surface area contributed by atoms with Gasteiger partial charge < -0.3 is 0 Å². The number of rotatable bonds is 7. The van der Waals surface area contributed by atoms with Crippen molar-refractivity contribution in [3.8, 4) is 10.6 Å². The van der Waals surface area contributed by atoms with Crippen molar-refractivity contribution in [3.63, 3.8) is 0 Å². The summed E-state index contributed by atoms with van der Waals surface area (Å²) in [5.41, 5.74) is 2.66. The number of hydrogen-bond acceptors (Lipinski definition) is 4. The molecule has 3 aromatic rings. The first-order valence-electron chi connectivity index (χ1n) is 8.70. The molecule has 1 heterocycles. The zero-order valence-electron chi connectivity index (χ0n) is 15.2. The van der Waals surface area contributed by atoms with Crippen molar-refractivity contribution in [1.29, 1.82) is 0 Å². The topological polar surface area (TPSA) is 59.1 Å². The normalized spacial score (nSPS) is 11.7. The summed E-state index contributed by atoms with van der Waals surface area (Å²) in [6, 6.07) is 13.2. The first kappa shape index (κ1) is 19.7. The Hall–Kier alpha value is -2.09. The van der Waals surface area contributed by atoms with Crippen LogP contribution >= 0.6 is 11.3 Å². The second kappa shape index (κ2) is 8.29. The number of halogens is 1. The Bertz CT molecular complexity index is 1030. The molecule has 0 spiro atoms. The van der Waals surface area contributed by atoms with Crippen molar-refractivity contribution >= 4 is 21.4 Å². The average molecular weight is 405 g/mol. The van der Waals surface area contributed by atoms with Crippen molar-refractivity contribution in [2.75, 3.05) is 6.54 Å². The fourth-order valence-electron chi connectivity index (χ4n) is 2.69. The summed E-state index contributed by atoms with van der Waals surface area (Å²) in [5.74, 6) is -0.302. The van der Waals surface area contributed by atoms with Crippen molar-refractivity contribution in [1.82, 2.24) is 9.71 Å². The van der Waals surface area contributed by atoms with Crippen LogP contribution in [0.4, 0.5) is 4.39 Å². The molecule has 0 saturated heterocycles. The zero-order chi connectivity index (χ0) is 19.4. The number of benzene rings is 2. The Morgan fingerprint density at radius 2 is 1.89 bits per heavy atom. The summed E-state index contributed by atoms with van der Waals surface area (Å²) < 4.78 is 40.9. The van der Waals surface area contributed by atoms with Gasteiger partial charge in [-0.1, -0.05) is 31.2 Å². The minimum atomic E-state index is -3.53. The highest BCUT2D eigenvalue weighted by atomic mass is 32.2. The van der Waals surface area contributed by atoms with Crippen LogP contribution in [0.1, 0.15) is 23.1 Å². The van der Waals surface area contributed by atoms with Gasteiger partial charge in [-0.15, -0.1) is 11.3 Å². The predicted octanol–water partition coefficient (Wildman–Crippen LogP) is 4.34. The van der Waals surface area contributed by atoms with E-state index in [9.17, 15) is 12.8 Å². The third-order valence-electron chi connectivity index (χ3n) is 4.25. The fourth-order valence-corrected chi connectivity index (χ4v) is 4.78. The average Bonchev–Trinajstić information content (AvgIpc) is 3.02. The van der Waals surface area contributed by atoms with Crippen LogP contribution in [0, 0.1) is 12.7 Å². The highest BCUT2D eigenvalue weighted by molar-refractivity contribution is 7.89. The Morgan fingerprint density at radius 3 is 2.56 bits per heavy atom. The molecule has 0 bridgehead atoms. The minimum Gasteiger partial charge on any atom is -0.241 e. The van der Waals surface area contributed by atoms with Gasteiger partial charge in [-0.2, -0.15) is 0 Å². The van der Waals surface area contributed by atoms with Gasteiger partial charge >= 0.3 is 0 Å². The second-order valence-corrected chi connectivity index (χ2v) is 9.03. The molecule has 2 aromatic carbocycles. The van der Waals surface area contributed by atoms with Crippen LogP contribution < -0.4 is 4.72 Å². The van der Waals surface area contributed by atoms with Gasteiger partial charge in [0, 0.05) is 17.0 Å². The fraction of sp³-hybridized carbons (Fsp3) is 0.250. The van der Waals surface area contributed by atoms with E-state index in [2.05, 4.69) is 9.71 Å². The quantitative estimate of drug-likeness (QED) is 0.637. The van der Waals surface area contributed by atoms with Gasteiger partial charge in [0.15, 0.2) is 0 Å². The number of aromatic nitrogens is 1. The number of hydrogen-bond donors (Lipinski definition) is 1. The van der Waals surface area contributed by atoms with E-state index in [1.807, 2.05) is 32.0 Å². The van der Waals surface area contributed by atoms with Gasteiger partial charge in [0.1, 0.15) is 10.8 Å². The lowest BCUT2D eigenvalue weighted by Crippen LogP contribution is -2.25. The molecule has 0 saturated carbocycles. The number of nitrogens with one attached hydrogen (secondary N) is 1. The monoisotopic (exact) mass is 404 g/mol. The van der Waals surface area contributed by atoms with Crippen molar-refractivity contribution in [2.45, 2.75) is 31.6 Å². The molecule has 142 valence electrons. The van der Waals surface area contributed by atoms with Gasteiger partial charge in [-0.3, -0.25) is 0 Å². The maximum atomic E-state index is 13.4. The van der Waals surface area contributed by atoms with Crippen molar-refractivity contribution in [2.24, 2.45) is 0 Å². The number of sulfonamides is 1. The van der Waals surface area contributed by atoms with E-state index in [4.69, 9.17) is 0 Å². The largest absolute Gasteiger partial charge is 0.241 e. The number of thiazole rings is 1. The van der Waals surface area contributed by atoms with Gasteiger partial charge in [0.25, 0.3) is 0 Å². The van der Waals surface area contributed by atoms with Crippen LogP contribution in [0.2, 0.25) is 0 Å². The number of aryl methyl sites for hydroxylation is 2. The lowest BCUT2D eigenvalue weighted by atomic mass is 10.2. The lowest BCUT2D eigenvalue weighted by molar-refractivity contribution is 0.581. The molecule has 7 heteroatoms. The summed E-state index contributed by atoms with van der Waals surface area (Å²) in [4.78, 5) is 5.74. The van der Waals surface area contributed by atoms with Gasteiger partial charge in [0.2, 0.25) is 10.0 Å². The Kier molecular flexibility index (Phi) is 6.04. The van der Waals surface area contributed by atoms with Crippen LogP contribution in [-0.2, 0) is 22.9 Å². The predicted molar refractivity (Wildman–Crippen MR) is 107 cm³/mol. The molecule has 1 N–H and O–H groups in total. The highest BCUT2D eigenvalue weighted by Gasteiger charge is 2.15. The smallest absolute Gasteiger partial charge is 0.240 e. The molecule has 0 unspecified atom stereocenters. The summed E-state index contributed by atoms with van der Waals surface area (Å²) in [6.45, 7) is 4.19.